The van der Waals surface area contributed by atoms with Gasteiger partial charge in [0.15, 0.2) is 0 Å². The van der Waals surface area contributed by atoms with Crippen LogP contribution in [0.25, 0.3) is 10.8 Å². The van der Waals surface area contributed by atoms with E-state index in [9.17, 15) is 19.5 Å². The van der Waals surface area contributed by atoms with Crippen LogP contribution in [-0.2, 0) is 9.53 Å². The number of nitrogens with one attached hydrogen (secondary N) is 1. The fourth-order valence-corrected chi connectivity index (χ4v) is 3.63. The van der Waals surface area contributed by atoms with Crippen LogP contribution in [0.15, 0.2) is 78.9 Å². The first-order valence-corrected chi connectivity index (χ1v) is 10.5. The Morgan fingerprint density at radius 3 is 2.33 bits per heavy atom. The van der Waals surface area contributed by atoms with Crippen LogP contribution in [-0.4, -0.2) is 28.2 Å². The van der Waals surface area contributed by atoms with Gasteiger partial charge in [-0.25, -0.2) is 9.59 Å². The molecule has 7 nitrogen and oxygen atoms in total. The molecule has 0 spiro atoms. The summed E-state index contributed by atoms with van der Waals surface area (Å²) in [6.45, 7) is 1.88. The number of imide groups is 1. The molecule has 2 amide bonds. The van der Waals surface area contributed by atoms with E-state index in [1.54, 1.807) is 54.6 Å². The zero-order valence-electron chi connectivity index (χ0n) is 18.1. The largest absolute Gasteiger partial charge is 0.507 e. The van der Waals surface area contributed by atoms with Gasteiger partial charge in [-0.15, -0.1) is 0 Å². The molecule has 0 unspecified atom stereocenters. The Bertz CT molecular complexity index is 1170. The Balaban J connectivity index is 1.86. The summed E-state index contributed by atoms with van der Waals surface area (Å²) in [6, 6.07) is 18.8. The first kappa shape index (κ1) is 23.5. The molecular formula is C26H25NO6. The predicted molar refractivity (Wildman–Crippen MR) is 124 cm³/mol. The van der Waals surface area contributed by atoms with Crippen LogP contribution in [0.3, 0.4) is 0 Å². The molecule has 2 atom stereocenters. The predicted octanol–water partition coefficient (Wildman–Crippen LogP) is 5.21. The minimum absolute atomic E-state index is 0.105. The monoisotopic (exact) mass is 447 g/mol. The lowest BCUT2D eigenvalue weighted by Gasteiger charge is -2.26. The maximum Gasteiger partial charge on any atom is 0.414 e. The number of amides is 2. The van der Waals surface area contributed by atoms with Gasteiger partial charge in [0.05, 0.1) is 0 Å². The van der Waals surface area contributed by atoms with Crippen LogP contribution >= 0.6 is 0 Å². The Morgan fingerprint density at radius 2 is 1.64 bits per heavy atom. The minimum atomic E-state index is -1.03. The summed E-state index contributed by atoms with van der Waals surface area (Å²) in [5, 5.41) is 22.6. The van der Waals surface area contributed by atoms with Gasteiger partial charge in [0.2, 0.25) is 0 Å². The highest BCUT2D eigenvalue weighted by atomic mass is 16.6. The van der Waals surface area contributed by atoms with Gasteiger partial charge in [-0.2, -0.15) is 0 Å². The van der Waals surface area contributed by atoms with E-state index < -0.39 is 24.1 Å². The van der Waals surface area contributed by atoms with E-state index in [1.165, 1.54) is 6.07 Å². The number of carboxylic acid groups (broad SMARTS) is 1. The van der Waals surface area contributed by atoms with Crippen molar-refractivity contribution in [3.05, 3.63) is 90.0 Å². The van der Waals surface area contributed by atoms with Gasteiger partial charge >= 0.3 is 12.1 Å². The summed E-state index contributed by atoms with van der Waals surface area (Å²) in [4.78, 5) is 35.7. The van der Waals surface area contributed by atoms with Gasteiger partial charge in [-0.3, -0.25) is 10.1 Å². The normalized spacial score (nSPS) is 12.9. The molecule has 0 saturated heterocycles. The highest BCUT2D eigenvalue weighted by Gasteiger charge is 2.26. The third kappa shape index (κ3) is 6.20. The van der Waals surface area contributed by atoms with E-state index in [4.69, 9.17) is 9.84 Å². The fourth-order valence-electron chi connectivity index (χ4n) is 3.63. The number of ether oxygens (including phenoxy) is 1. The van der Waals surface area contributed by atoms with Crippen LogP contribution in [0.4, 0.5) is 4.79 Å². The smallest absolute Gasteiger partial charge is 0.414 e. The molecule has 0 aliphatic carbocycles. The lowest BCUT2D eigenvalue weighted by molar-refractivity contribution is -0.131. The number of alkyl carbamates (subject to hydrolysis) is 1. The maximum absolute atomic E-state index is 12.6. The van der Waals surface area contributed by atoms with Crippen molar-refractivity contribution in [2.45, 2.75) is 25.9 Å². The molecule has 170 valence electrons. The standard InChI is InChI=1S/C26H25NO6/c1-17(9-5-8-14-23(29)30)24(21-15-16-22(28)20-13-7-6-12-19(20)21)33-26(32)27-25(31)18-10-3-2-4-11-18/h2-4,6-8,10-17,24,28H,5,9H2,1H3,(H,29,30)(H,27,31,32)/b14-8+/t17-,24-/m0/s1. The van der Waals surface area contributed by atoms with Crippen molar-refractivity contribution in [2.24, 2.45) is 5.92 Å². The lowest BCUT2D eigenvalue weighted by atomic mass is 9.89. The number of rotatable bonds is 8. The van der Waals surface area contributed by atoms with Crippen molar-refractivity contribution in [1.82, 2.24) is 5.32 Å². The number of aromatic hydroxyl groups is 1. The summed E-state index contributed by atoms with van der Waals surface area (Å²) in [7, 11) is 0. The number of hydrogen-bond donors (Lipinski definition) is 3. The quantitative estimate of drug-likeness (QED) is 0.409. The van der Waals surface area contributed by atoms with Gasteiger partial charge in [-0.05, 0) is 42.3 Å². The minimum Gasteiger partial charge on any atom is -0.507 e. The first-order chi connectivity index (χ1) is 15.9. The van der Waals surface area contributed by atoms with E-state index in [-0.39, 0.29) is 11.7 Å². The second-order valence-corrected chi connectivity index (χ2v) is 7.66. The van der Waals surface area contributed by atoms with E-state index in [0.29, 0.717) is 29.4 Å². The van der Waals surface area contributed by atoms with Gasteiger partial charge < -0.3 is 14.9 Å². The number of phenolic OH excluding ortho intramolecular Hbond substituents is 1. The Hall–Kier alpha value is -4.13. The Labute approximate surface area is 191 Å². The van der Waals surface area contributed by atoms with Crippen molar-refractivity contribution in [3.8, 4) is 5.75 Å². The molecule has 33 heavy (non-hydrogen) atoms. The molecule has 0 fully saturated rings. The zero-order chi connectivity index (χ0) is 23.8. The average Bonchev–Trinajstić information content (AvgIpc) is 2.81. The third-order valence-corrected chi connectivity index (χ3v) is 5.29. The highest BCUT2D eigenvalue weighted by Crippen LogP contribution is 2.37. The SMILES string of the molecule is C[C@@H](CC/C=C/C(=O)O)[C@H](OC(=O)NC(=O)c1ccccc1)c1ccc(O)c2ccccc12. The van der Waals surface area contributed by atoms with Crippen molar-refractivity contribution in [2.75, 3.05) is 0 Å². The molecule has 0 aromatic heterocycles. The molecule has 0 aliphatic heterocycles. The molecule has 7 heteroatoms. The topological polar surface area (TPSA) is 113 Å². The summed E-state index contributed by atoms with van der Waals surface area (Å²) in [6.07, 6.45) is 1.99. The summed E-state index contributed by atoms with van der Waals surface area (Å²) in [5.41, 5.74) is 1.01. The molecule has 0 heterocycles. The summed E-state index contributed by atoms with van der Waals surface area (Å²) >= 11 is 0. The molecule has 3 aromatic rings. The molecule has 0 radical (unpaired) electrons. The number of aliphatic carboxylic acids is 1. The molecular weight excluding hydrogens is 422 g/mol. The van der Waals surface area contributed by atoms with Crippen molar-refractivity contribution < 1.29 is 29.3 Å². The number of carbonyl (C=O) groups is 3. The van der Waals surface area contributed by atoms with Crippen LogP contribution < -0.4 is 5.32 Å². The Morgan fingerprint density at radius 1 is 0.970 bits per heavy atom. The second kappa shape index (κ2) is 10.9. The number of hydrogen-bond acceptors (Lipinski definition) is 5. The number of benzene rings is 3. The zero-order valence-corrected chi connectivity index (χ0v) is 18.1. The van der Waals surface area contributed by atoms with Crippen molar-refractivity contribution in [3.63, 3.8) is 0 Å². The summed E-state index contributed by atoms with van der Waals surface area (Å²) < 4.78 is 5.72. The number of allylic oxidation sites excluding steroid dienone is 1. The molecule has 0 aliphatic rings. The number of fused-ring (bicyclic) bond motifs is 1. The van der Waals surface area contributed by atoms with Crippen molar-refractivity contribution >= 4 is 28.7 Å². The molecule has 3 rings (SSSR count). The number of phenols is 1. The van der Waals surface area contributed by atoms with Gasteiger partial charge in [0.1, 0.15) is 11.9 Å². The highest BCUT2D eigenvalue weighted by molar-refractivity contribution is 6.03. The fraction of sp³-hybridized carbons (Fsp3) is 0.192. The number of carboxylic acids is 1. The molecule has 3 aromatic carbocycles. The van der Waals surface area contributed by atoms with E-state index >= 15 is 0 Å². The van der Waals surface area contributed by atoms with Crippen molar-refractivity contribution in [1.29, 1.82) is 0 Å². The average molecular weight is 447 g/mol. The van der Waals surface area contributed by atoms with Gasteiger partial charge in [0.25, 0.3) is 5.91 Å². The second-order valence-electron chi connectivity index (χ2n) is 7.66. The van der Waals surface area contributed by atoms with E-state index in [2.05, 4.69) is 5.32 Å². The molecule has 3 N–H and O–H groups in total. The van der Waals surface area contributed by atoms with Crippen LogP contribution in [0.5, 0.6) is 5.75 Å². The van der Waals surface area contributed by atoms with E-state index in [1.807, 2.05) is 19.1 Å². The van der Waals surface area contributed by atoms with E-state index in [0.717, 1.165) is 11.5 Å². The molecule has 0 saturated carbocycles. The summed E-state index contributed by atoms with van der Waals surface area (Å²) in [5.74, 6) is -1.71. The lowest BCUT2D eigenvalue weighted by Crippen LogP contribution is -2.33. The van der Waals surface area contributed by atoms with Crippen LogP contribution in [0, 0.1) is 5.92 Å². The third-order valence-electron chi connectivity index (χ3n) is 5.29. The van der Waals surface area contributed by atoms with Crippen LogP contribution in [0.1, 0.15) is 41.8 Å². The maximum atomic E-state index is 12.6. The Kier molecular flexibility index (Phi) is 7.81. The van der Waals surface area contributed by atoms with Crippen LogP contribution in [0.2, 0.25) is 0 Å². The van der Waals surface area contributed by atoms with Gasteiger partial charge in [-0.1, -0.05) is 61.5 Å². The number of carbonyl (C=O) groups excluding carboxylic acids is 2. The molecule has 0 bridgehead atoms. The van der Waals surface area contributed by atoms with Gasteiger partial charge in [0, 0.05) is 22.6 Å². The first-order valence-electron chi connectivity index (χ1n) is 10.5.